The first-order chi connectivity index (χ1) is 9.26. The van der Waals surface area contributed by atoms with E-state index in [0.717, 1.165) is 11.3 Å². The Morgan fingerprint density at radius 2 is 1.95 bits per heavy atom. The van der Waals surface area contributed by atoms with E-state index in [1.54, 1.807) is 6.92 Å². The fourth-order valence-corrected chi connectivity index (χ4v) is 1.67. The summed E-state index contributed by atoms with van der Waals surface area (Å²) in [6.45, 7) is 4.59. The van der Waals surface area contributed by atoms with Gasteiger partial charge in [-0.3, -0.25) is 0 Å². The number of esters is 1. The van der Waals surface area contributed by atoms with Crippen LogP contribution in [-0.4, -0.2) is 24.3 Å². The van der Waals surface area contributed by atoms with Gasteiger partial charge in [0.25, 0.3) is 0 Å². The van der Waals surface area contributed by atoms with E-state index in [4.69, 9.17) is 14.0 Å². The number of carbonyl (C=O) groups excluding carboxylic acids is 1. The molecule has 0 saturated carbocycles. The molecule has 0 bridgehead atoms. The van der Waals surface area contributed by atoms with Crippen LogP contribution in [0.25, 0.3) is 11.3 Å². The summed E-state index contributed by atoms with van der Waals surface area (Å²) < 4.78 is 15.2. The molecule has 5 heteroatoms. The van der Waals surface area contributed by atoms with E-state index in [0.29, 0.717) is 24.5 Å². The lowest BCUT2D eigenvalue weighted by molar-refractivity contribution is 0.0526. The summed E-state index contributed by atoms with van der Waals surface area (Å²) in [5.74, 6) is 0.333. The third-order valence-corrected chi connectivity index (χ3v) is 2.50. The van der Waals surface area contributed by atoms with Crippen molar-refractivity contribution in [1.29, 1.82) is 0 Å². The Morgan fingerprint density at radius 1 is 1.21 bits per heavy atom. The molecule has 2 aromatic rings. The number of ether oxygens (including phenoxy) is 2. The van der Waals surface area contributed by atoms with Crippen LogP contribution in [0.1, 0.15) is 24.2 Å². The first-order valence-corrected chi connectivity index (χ1v) is 6.11. The second kappa shape index (κ2) is 6.04. The maximum atomic E-state index is 11.7. The molecule has 0 fully saturated rings. The number of hydrogen-bond acceptors (Lipinski definition) is 5. The van der Waals surface area contributed by atoms with Crippen LogP contribution in [-0.2, 0) is 4.74 Å². The maximum absolute atomic E-state index is 11.7. The Morgan fingerprint density at radius 3 is 2.58 bits per heavy atom. The molecular formula is C14H15NO4. The normalized spacial score (nSPS) is 10.2. The first kappa shape index (κ1) is 13.1. The Bertz CT molecular complexity index is 545. The predicted molar refractivity (Wildman–Crippen MR) is 69.1 cm³/mol. The SMILES string of the molecule is CCOC(=O)c1conc1-c1ccc(OCC)cc1. The van der Waals surface area contributed by atoms with Gasteiger partial charge in [0, 0.05) is 5.56 Å². The molecule has 0 aliphatic rings. The highest BCUT2D eigenvalue weighted by molar-refractivity contribution is 5.95. The topological polar surface area (TPSA) is 61.6 Å². The van der Waals surface area contributed by atoms with Gasteiger partial charge in [0.1, 0.15) is 23.3 Å². The number of hydrogen-bond donors (Lipinski definition) is 0. The summed E-state index contributed by atoms with van der Waals surface area (Å²) in [6.07, 6.45) is 1.30. The summed E-state index contributed by atoms with van der Waals surface area (Å²) in [5.41, 5.74) is 1.58. The smallest absolute Gasteiger partial charge is 0.343 e. The number of aromatic nitrogens is 1. The summed E-state index contributed by atoms with van der Waals surface area (Å²) in [5, 5.41) is 3.85. The van der Waals surface area contributed by atoms with Crippen LogP contribution >= 0.6 is 0 Å². The van der Waals surface area contributed by atoms with Gasteiger partial charge in [-0.1, -0.05) is 5.16 Å². The van der Waals surface area contributed by atoms with Crippen molar-refractivity contribution < 1.29 is 18.8 Å². The molecule has 0 unspecified atom stereocenters. The maximum Gasteiger partial charge on any atom is 0.343 e. The first-order valence-electron chi connectivity index (χ1n) is 6.11. The second-order valence-corrected chi connectivity index (χ2v) is 3.75. The molecule has 0 spiro atoms. The minimum Gasteiger partial charge on any atom is -0.494 e. The van der Waals surface area contributed by atoms with E-state index in [9.17, 15) is 4.79 Å². The van der Waals surface area contributed by atoms with Crippen molar-refractivity contribution in [3.63, 3.8) is 0 Å². The highest BCUT2D eigenvalue weighted by atomic mass is 16.5. The van der Waals surface area contributed by atoms with E-state index >= 15 is 0 Å². The molecule has 5 nitrogen and oxygen atoms in total. The average molecular weight is 261 g/mol. The molecule has 1 aromatic carbocycles. The number of benzene rings is 1. The second-order valence-electron chi connectivity index (χ2n) is 3.75. The molecule has 0 atom stereocenters. The van der Waals surface area contributed by atoms with Crippen LogP contribution in [0.15, 0.2) is 35.1 Å². The third kappa shape index (κ3) is 2.93. The van der Waals surface area contributed by atoms with Crippen LogP contribution in [0.3, 0.4) is 0 Å². The highest BCUT2D eigenvalue weighted by Gasteiger charge is 2.18. The Hall–Kier alpha value is -2.30. The van der Waals surface area contributed by atoms with Gasteiger partial charge in [0.15, 0.2) is 0 Å². The van der Waals surface area contributed by atoms with Crippen LogP contribution in [0.5, 0.6) is 5.75 Å². The minimum atomic E-state index is -0.437. The molecule has 2 rings (SSSR count). The van der Waals surface area contributed by atoms with E-state index in [-0.39, 0.29) is 0 Å². The van der Waals surface area contributed by atoms with Gasteiger partial charge in [-0.25, -0.2) is 4.79 Å². The molecule has 1 heterocycles. The molecule has 0 aliphatic heterocycles. The Balaban J connectivity index is 2.26. The van der Waals surface area contributed by atoms with Gasteiger partial charge in [0.2, 0.25) is 0 Å². The van der Waals surface area contributed by atoms with Crippen molar-refractivity contribution in [2.24, 2.45) is 0 Å². The van der Waals surface area contributed by atoms with E-state index in [1.165, 1.54) is 6.26 Å². The Labute approximate surface area is 111 Å². The van der Waals surface area contributed by atoms with Gasteiger partial charge in [0.05, 0.1) is 13.2 Å². The lowest BCUT2D eigenvalue weighted by Crippen LogP contribution is -2.04. The fourth-order valence-electron chi connectivity index (χ4n) is 1.67. The summed E-state index contributed by atoms with van der Waals surface area (Å²) in [4.78, 5) is 11.7. The number of rotatable bonds is 5. The third-order valence-electron chi connectivity index (χ3n) is 2.50. The summed E-state index contributed by atoms with van der Waals surface area (Å²) >= 11 is 0. The molecule has 1 aromatic heterocycles. The number of carbonyl (C=O) groups is 1. The van der Waals surface area contributed by atoms with Crippen LogP contribution in [0.4, 0.5) is 0 Å². The fraction of sp³-hybridized carbons (Fsp3) is 0.286. The van der Waals surface area contributed by atoms with Crippen molar-refractivity contribution in [2.75, 3.05) is 13.2 Å². The van der Waals surface area contributed by atoms with E-state index in [1.807, 2.05) is 31.2 Å². The van der Waals surface area contributed by atoms with Gasteiger partial charge in [-0.2, -0.15) is 0 Å². The molecule has 0 radical (unpaired) electrons. The highest BCUT2D eigenvalue weighted by Crippen LogP contribution is 2.25. The van der Waals surface area contributed by atoms with E-state index in [2.05, 4.69) is 5.16 Å². The van der Waals surface area contributed by atoms with Crippen molar-refractivity contribution in [2.45, 2.75) is 13.8 Å². The largest absolute Gasteiger partial charge is 0.494 e. The zero-order valence-corrected chi connectivity index (χ0v) is 10.9. The zero-order valence-electron chi connectivity index (χ0n) is 10.9. The van der Waals surface area contributed by atoms with Gasteiger partial charge >= 0.3 is 5.97 Å². The lowest BCUT2D eigenvalue weighted by Gasteiger charge is -2.04. The standard InChI is InChI=1S/C14H15NO4/c1-3-17-11-7-5-10(6-8-11)13-12(9-19-15-13)14(16)18-4-2/h5-9H,3-4H2,1-2H3. The quantitative estimate of drug-likeness (QED) is 0.774. The van der Waals surface area contributed by atoms with Gasteiger partial charge in [-0.05, 0) is 38.1 Å². The van der Waals surface area contributed by atoms with Crippen molar-refractivity contribution in [3.05, 3.63) is 36.1 Å². The van der Waals surface area contributed by atoms with Crippen LogP contribution in [0, 0.1) is 0 Å². The molecule has 0 saturated heterocycles. The van der Waals surface area contributed by atoms with Crippen LogP contribution < -0.4 is 4.74 Å². The lowest BCUT2D eigenvalue weighted by atomic mass is 10.1. The molecule has 100 valence electrons. The van der Waals surface area contributed by atoms with Crippen molar-refractivity contribution in [3.8, 4) is 17.0 Å². The van der Waals surface area contributed by atoms with Gasteiger partial charge in [-0.15, -0.1) is 0 Å². The molecule has 0 amide bonds. The minimum absolute atomic E-state index is 0.312. The monoisotopic (exact) mass is 261 g/mol. The molecule has 0 aliphatic carbocycles. The van der Waals surface area contributed by atoms with Crippen LogP contribution in [0.2, 0.25) is 0 Å². The molecule has 0 N–H and O–H groups in total. The summed E-state index contributed by atoms with van der Waals surface area (Å²) in [6, 6.07) is 7.29. The number of nitrogens with zero attached hydrogens (tertiary/aromatic N) is 1. The van der Waals surface area contributed by atoms with Gasteiger partial charge < -0.3 is 14.0 Å². The molecular weight excluding hydrogens is 246 g/mol. The molecule has 19 heavy (non-hydrogen) atoms. The zero-order chi connectivity index (χ0) is 13.7. The van der Waals surface area contributed by atoms with Crippen molar-refractivity contribution >= 4 is 5.97 Å². The summed E-state index contributed by atoms with van der Waals surface area (Å²) in [7, 11) is 0. The van der Waals surface area contributed by atoms with Crippen molar-refractivity contribution in [1.82, 2.24) is 5.16 Å². The van der Waals surface area contributed by atoms with E-state index < -0.39 is 5.97 Å². The predicted octanol–water partition coefficient (Wildman–Crippen LogP) is 2.92. The average Bonchev–Trinajstić information content (AvgIpc) is 2.89. The Kier molecular flexibility index (Phi) is 4.18.